The minimum atomic E-state index is -1.17. The predicted octanol–water partition coefficient (Wildman–Crippen LogP) is 3.44. The van der Waals surface area contributed by atoms with Crippen molar-refractivity contribution in [1.29, 1.82) is 0 Å². The van der Waals surface area contributed by atoms with Gasteiger partial charge in [0.05, 0.1) is 24.4 Å². The molecular weight excluding hydrogens is 554 g/mol. The third kappa shape index (κ3) is 5.73. The number of rotatable bonds is 10. The number of carbonyl (C=O) groups is 3. The fourth-order valence-corrected chi connectivity index (χ4v) is 5.39. The topological polar surface area (TPSA) is 134 Å². The minimum absolute atomic E-state index is 0.0290. The molecule has 12 nitrogen and oxygen atoms in total. The van der Waals surface area contributed by atoms with Gasteiger partial charge in [0, 0.05) is 24.8 Å². The number of nitrogens with one attached hydrogen (secondary N) is 1. The number of amides is 2. The summed E-state index contributed by atoms with van der Waals surface area (Å²) in [7, 11) is 1.55. The zero-order chi connectivity index (χ0) is 29.9. The van der Waals surface area contributed by atoms with Gasteiger partial charge in [0.2, 0.25) is 18.6 Å². The molecule has 1 fully saturated rings. The van der Waals surface area contributed by atoms with Crippen molar-refractivity contribution in [3.8, 4) is 17.2 Å². The van der Waals surface area contributed by atoms with Gasteiger partial charge in [0.25, 0.3) is 0 Å². The van der Waals surface area contributed by atoms with Gasteiger partial charge in [-0.05, 0) is 55.7 Å². The Labute approximate surface area is 247 Å². The van der Waals surface area contributed by atoms with Crippen LogP contribution >= 0.6 is 0 Å². The number of para-hydroxylation sites is 1. The Hall–Kier alpha value is -4.97. The highest BCUT2D eigenvalue weighted by Crippen LogP contribution is 2.41. The van der Waals surface area contributed by atoms with Crippen LogP contribution in [0.2, 0.25) is 0 Å². The second-order valence-electron chi connectivity index (χ2n) is 10.3. The van der Waals surface area contributed by atoms with E-state index in [0.717, 1.165) is 12.8 Å². The van der Waals surface area contributed by atoms with Gasteiger partial charge < -0.3 is 24.3 Å². The fraction of sp³-hybridized carbons (Fsp3) is 0.323. The van der Waals surface area contributed by atoms with Crippen molar-refractivity contribution >= 4 is 34.3 Å². The molecule has 1 aromatic heterocycles. The average molecular weight is 586 g/mol. The van der Waals surface area contributed by atoms with E-state index < -0.39 is 17.9 Å². The summed E-state index contributed by atoms with van der Waals surface area (Å²) in [5, 5.41) is 11.3. The average Bonchev–Trinajstić information content (AvgIpc) is 3.80. The van der Waals surface area contributed by atoms with Crippen molar-refractivity contribution in [2.45, 2.75) is 38.5 Å². The molecule has 222 valence electrons. The van der Waals surface area contributed by atoms with Gasteiger partial charge in [0.15, 0.2) is 17.3 Å². The zero-order valence-electron chi connectivity index (χ0n) is 23.8. The molecular formula is C31H31N5O7. The number of benzene rings is 3. The Morgan fingerprint density at radius 2 is 1.86 bits per heavy atom. The number of methoxy groups -OCH3 is 1. The second-order valence-corrected chi connectivity index (χ2v) is 10.3. The number of fused-ring (bicyclic) bond motifs is 2. The number of hydrogen-bond acceptors (Lipinski definition) is 9. The van der Waals surface area contributed by atoms with E-state index in [4.69, 9.17) is 18.9 Å². The molecule has 43 heavy (non-hydrogen) atoms. The second kappa shape index (κ2) is 12.1. The van der Waals surface area contributed by atoms with Gasteiger partial charge in [-0.2, -0.15) is 0 Å². The summed E-state index contributed by atoms with van der Waals surface area (Å²) in [6.07, 6.45) is 1.62. The van der Waals surface area contributed by atoms with E-state index in [1.165, 1.54) is 16.5 Å². The third-order valence-corrected chi connectivity index (χ3v) is 7.57. The van der Waals surface area contributed by atoms with Gasteiger partial charge in [0.1, 0.15) is 23.9 Å². The van der Waals surface area contributed by atoms with E-state index in [-0.39, 0.29) is 43.0 Å². The van der Waals surface area contributed by atoms with E-state index in [1.54, 1.807) is 49.6 Å². The maximum absolute atomic E-state index is 14.5. The van der Waals surface area contributed by atoms with E-state index in [1.807, 2.05) is 18.2 Å². The molecule has 1 N–H and O–H groups in total. The van der Waals surface area contributed by atoms with Crippen LogP contribution < -0.4 is 24.4 Å². The molecule has 0 unspecified atom stereocenters. The number of nitrogens with zero attached hydrogens (tertiary/aromatic N) is 4. The number of ether oxygens (including phenoxy) is 4. The largest absolute Gasteiger partial charge is 0.497 e. The number of hydrogen-bond donors (Lipinski definition) is 1. The lowest BCUT2D eigenvalue weighted by molar-refractivity contribution is -0.127. The standard InChI is InChI=1S/C31H31N5O7/c1-19(37)23-14-27-28(43-18-42-27)15-26(23)36(29(38)17-35-25-8-4-3-7-24(25)33-34-35)30(20-9-11-21(40-2)12-10-20)31(39)32-16-22-6-5-13-41-22/h3-4,7-12,14-15,22,30H,5-6,13,16-18H2,1-2H3,(H,32,39)/t22-,30+/m1/s1. The summed E-state index contributed by atoms with van der Waals surface area (Å²) in [4.78, 5) is 42.9. The quantitative estimate of drug-likeness (QED) is 0.278. The molecule has 6 rings (SSSR count). The van der Waals surface area contributed by atoms with Crippen molar-refractivity contribution in [1.82, 2.24) is 20.3 Å². The Morgan fingerprint density at radius 1 is 1.09 bits per heavy atom. The maximum atomic E-state index is 14.5. The first-order chi connectivity index (χ1) is 20.9. The van der Waals surface area contributed by atoms with Crippen LogP contribution in [-0.2, 0) is 20.9 Å². The highest BCUT2D eigenvalue weighted by Gasteiger charge is 2.37. The van der Waals surface area contributed by atoms with Crippen LogP contribution in [-0.4, -0.2) is 65.7 Å². The van der Waals surface area contributed by atoms with Crippen LogP contribution in [0.25, 0.3) is 11.0 Å². The lowest BCUT2D eigenvalue weighted by Crippen LogP contribution is -2.47. The fourth-order valence-electron chi connectivity index (χ4n) is 5.39. The van der Waals surface area contributed by atoms with Crippen LogP contribution in [0.5, 0.6) is 17.2 Å². The Kier molecular flexibility index (Phi) is 7.93. The van der Waals surface area contributed by atoms with Gasteiger partial charge in [-0.3, -0.25) is 19.3 Å². The van der Waals surface area contributed by atoms with Gasteiger partial charge in [-0.15, -0.1) is 5.10 Å². The van der Waals surface area contributed by atoms with E-state index in [9.17, 15) is 14.4 Å². The van der Waals surface area contributed by atoms with E-state index in [2.05, 4.69) is 15.6 Å². The first kappa shape index (κ1) is 28.2. The lowest BCUT2D eigenvalue weighted by Gasteiger charge is -2.33. The molecule has 2 aliphatic rings. The van der Waals surface area contributed by atoms with Crippen LogP contribution in [0.15, 0.2) is 60.7 Å². The summed E-state index contributed by atoms with van der Waals surface area (Å²) in [5.41, 5.74) is 2.19. The normalized spacial score (nSPS) is 16.2. The Morgan fingerprint density at radius 3 is 2.58 bits per heavy atom. The monoisotopic (exact) mass is 585 g/mol. The summed E-state index contributed by atoms with van der Waals surface area (Å²) in [6, 6.07) is 16.1. The highest BCUT2D eigenvalue weighted by atomic mass is 16.7. The van der Waals surface area contributed by atoms with Crippen LogP contribution in [0.3, 0.4) is 0 Å². The number of carbonyl (C=O) groups excluding carboxylic acids is 3. The molecule has 2 amide bonds. The molecule has 4 aromatic rings. The van der Waals surface area contributed by atoms with Gasteiger partial charge in [-0.1, -0.05) is 29.5 Å². The number of Topliss-reactive ketones (excluding diaryl/α,β-unsaturated/α-hetero) is 1. The molecule has 12 heteroatoms. The van der Waals surface area contributed by atoms with Crippen molar-refractivity contribution in [3.05, 3.63) is 71.8 Å². The van der Waals surface area contributed by atoms with Gasteiger partial charge >= 0.3 is 0 Å². The molecule has 0 spiro atoms. The molecule has 0 saturated carbocycles. The smallest absolute Gasteiger partial charge is 0.249 e. The molecule has 0 aliphatic carbocycles. The molecule has 0 bridgehead atoms. The molecule has 3 aromatic carbocycles. The number of anilines is 1. The summed E-state index contributed by atoms with van der Waals surface area (Å²) < 4.78 is 23.7. The van der Waals surface area contributed by atoms with Crippen molar-refractivity contribution in [2.75, 3.05) is 32.0 Å². The third-order valence-electron chi connectivity index (χ3n) is 7.57. The first-order valence-corrected chi connectivity index (χ1v) is 14.0. The molecule has 2 aliphatic heterocycles. The molecule has 1 saturated heterocycles. The first-order valence-electron chi connectivity index (χ1n) is 14.0. The van der Waals surface area contributed by atoms with Crippen molar-refractivity contribution < 1.29 is 33.3 Å². The summed E-state index contributed by atoms with van der Waals surface area (Å²) in [6.45, 7) is 2.03. The Balaban J connectivity index is 1.47. The van der Waals surface area contributed by atoms with E-state index >= 15 is 0 Å². The zero-order valence-corrected chi connectivity index (χ0v) is 23.8. The Bertz CT molecular complexity index is 1660. The van der Waals surface area contributed by atoms with Crippen LogP contribution in [0.4, 0.5) is 5.69 Å². The molecule has 0 radical (unpaired) electrons. The van der Waals surface area contributed by atoms with Gasteiger partial charge in [-0.25, -0.2) is 4.68 Å². The van der Waals surface area contributed by atoms with Crippen LogP contribution in [0, 0.1) is 0 Å². The SMILES string of the molecule is COc1ccc([C@@H](C(=O)NC[C@H]2CCCO2)N(C(=O)Cn2nnc3ccccc32)c2cc3c(cc2C(C)=O)OCO3)cc1. The summed E-state index contributed by atoms with van der Waals surface area (Å²) >= 11 is 0. The highest BCUT2D eigenvalue weighted by molar-refractivity contribution is 6.08. The van der Waals surface area contributed by atoms with E-state index in [0.29, 0.717) is 40.5 Å². The maximum Gasteiger partial charge on any atom is 0.249 e. The molecule has 3 heterocycles. The molecule has 2 atom stereocenters. The number of ketones is 1. The lowest BCUT2D eigenvalue weighted by atomic mass is 9.99. The summed E-state index contributed by atoms with van der Waals surface area (Å²) in [5.74, 6) is 0.0757. The van der Waals surface area contributed by atoms with Crippen molar-refractivity contribution in [3.63, 3.8) is 0 Å². The minimum Gasteiger partial charge on any atom is -0.497 e. The van der Waals surface area contributed by atoms with Crippen LogP contribution in [0.1, 0.15) is 41.7 Å². The number of aromatic nitrogens is 3. The predicted molar refractivity (Wildman–Crippen MR) is 155 cm³/mol. The van der Waals surface area contributed by atoms with Crippen molar-refractivity contribution in [2.24, 2.45) is 0 Å².